The van der Waals surface area contributed by atoms with Crippen LogP contribution in [-0.4, -0.2) is 27.5 Å². The lowest BCUT2D eigenvalue weighted by Crippen LogP contribution is -2.47. The van der Waals surface area contributed by atoms with Crippen molar-refractivity contribution in [3.63, 3.8) is 0 Å². The summed E-state index contributed by atoms with van der Waals surface area (Å²) in [5.41, 5.74) is -0.137. The highest BCUT2D eigenvalue weighted by molar-refractivity contribution is 9.10. The summed E-state index contributed by atoms with van der Waals surface area (Å²) in [5.74, 6) is 1.40. The van der Waals surface area contributed by atoms with Gasteiger partial charge in [0.05, 0.1) is 6.07 Å². The van der Waals surface area contributed by atoms with Gasteiger partial charge in [0.15, 0.2) is 0 Å². The molecule has 0 bridgehead atoms. The Morgan fingerprint density at radius 2 is 2.53 bits per heavy atom. The molecular formula is C11H12BrN3OS. The molecule has 6 heteroatoms. The molecule has 17 heavy (non-hydrogen) atoms. The largest absolute Gasteiger partial charge is 0.345 e. The van der Waals surface area contributed by atoms with Crippen LogP contribution >= 0.6 is 27.7 Å². The van der Waals surface area contributed by atoms with Crippen LogP contribution in [0.15, 0.2) is 16.7 Å². The van der Waals surface area contributed by atoms with Crippen molar-refractivity contribution in [3.05, 3.63) is 22.4 Å². The fourth-order valence-corrected chi connectivity index (χ4v) is 3.60. The Hall–Kier alpha value is -0.930. The Balaban J connectivity index is 2.17. The zero-order valence-corrected chi connectivity index (χ0v) is 11.8. The summed E-state index contributed by atoms with van der Waals surface area (Å²) in [6.45, 7) is 0. The maximum absolute atomic E-state index is 12.1. The minimum absolute atomic E-state index is 0.192. The summed E-state index contributed by atoms with van der Waals surface area (Å²) in [6, 6.07) is 3.98. The molecule has 1 aliphatic heterocycles. The molecule has 2 heterocycles. The average Bonchev–Trinajstić information content (AvgIpc) is 2.86. The lowest BCUT2D eigenvalue weighted by atomic mass is 10.0. The highest BCUT2D eigenvalue weighted by Crippen LogP contribution is 2.27. The topological polar surface area (TPSA) is 57.8 Å². The van der Waals surface area contributed by atoms with Crippen molar-refractivity contribution in [2.45, 2.75) is 12.0 Å². The van der Waals surface area contributed by atoms with E-state index in [0.717, 1.165) is 10.2 Å². The predicted molar refractivity (Wildman–Crippen MR) is 70.9 cm³/mol. The van der Waals surface area contributed by atoms with Crippen molar-refractivity contribution in [2.24, 2.45) is 7.05 Å². The van der Waals surface area contributed by atoms with E-state index in [9.17, 15) is 10.1 Å². The quantitative estimate of drug-likeness (QED) is 0.907. The fourth-order valence-electron chi connectivity index (χ4n) is 1.81. The van der Waals surface area contributed by atoms with Crippen LogP contribution in [0, 0.1) is 11.3 Å². The van der Waals surface area contributed by atoms with Crippen LogP contribution in [0.5, 0.6) is 0 Å². The molecule has 0 spiro atoms. The van der Waals surface area contributed by atoms with Crippen LogP contribution in [0.2, 0.25) is 0 Å². The van der Waals surface area contributed by atoms with Crippen molar-refractivity contribution in [1.29, 1.82) is 5.26 Å². The second-order valence-corrected chi connectivity index (χ2v) is 6.13. The van der Waals surface area contributed by atoms with E-state index in [2.05, 4.69) is 27.3 Å². The van der Waals surface area contributed by atoms with Crippen molar-refractivity contribution < 1.29 is 4.79 Å². The number of nitriles is 1. The molecule has 1 N–H and O–H groups in total. The number of aromatic nitrogens is 1. The van der Waals surface area contributed by atoms with Gasteiger partial charge in [-0.3, -0.25) is 4.79 Å². The van der Waals surface area contributed by atoms with Crippen LogP contribution in [0.3, 0.4) is 0 Å². The summed E-state index contributed by atoms with van der Waals surface area (Å²) in [4.78, 5) is 12.1. The van der Waals surface area contributed by atoms with Crippen molar-refractivity contribution in [1.82, 2.24) is 9.88 Å². The zero-order valence-electron chi connectivity index (χ0n) is 9.36. The van der Waals surface area contributed by atoms with Gasteiger partial charge < -0.3 is 9.88 Å². The SMILES string of the molecule is Cn1cc(Br)cc1C(=O)NC1(C#N)CCSC1. The molecule has 1 saturated heterocycles. The number of aryl methyl sites for hydroxylation is 1. The van der Waals surface area contributed by atoms with E-state index in [1.807, 2.05) is 13.2 Å². The molecule has 4 nitrogen and oxygen atoms in total. The standard InChI is InChI=1S/C11H12BrN3OS/c1-15-5-8(12)4-9(15)10(16)14-11(6-13)2-3-17-7-11/h4-5H,2-3,7H2,1H3,(H,14,16). The summed E-state index contributed by atoms with van der Waals surface area (Å²) in [5, 5.41) is 12.0. The number of rotatable bonds is 2. The lowest BCUT2D eigenvalue weighted by Gasteiger charge is -2.21. The Bertz CT molecular complexity index is 485. The molecule has 1 fully saturated rings. The van der Waals surface area contributed by atoms with Gasteiger partial charge in [-0.25, -0.2) is 0 Å². The minimum Gasteiger partial charge on any atom is -0.345 e. The second-order valence-electron chi connectivity index (χ2n) is 4.11. The molecule has 0 aromatic carbocycles. The Morgan fingerprint density at radius 1 is 1.76 bits per heavy atom. The van der Waals surface area contributed by atoms with E-state index in [0.29, 0.717) is 17.9 Å². The highest BCUT2D eigenvalue weighted by Gasteiger charge is 2.36. The number of amides is 1. The van der Waals surface area contributed by atoms with Gasteiger partial charge in [0.1, 0.15) is 11.2 Å². The van der Waals surface area contributed by atoms with Gasteiger partial charge >= 0.3 is 0 Å². The molecule has 2 rings (SSSR count). The third-order valence-corrected chi connectivity index (χ3v) is 4.42. The number of carbonyl (C=O) groups is 1. The second kappa shape index (κ2) is 4.75. The highest BCUT2D eigenvalue weighted by atomic mass is 79.9. The lowest BCUT2D eigenvalue weighted by molar-refractivity contribution is 0.0918. The number of nitrogens with one attached hydrogen (secondary N) is 1. The molecule has 0 saturated carbocycles. The molecule has 1 unspecified atom stereocenters. The van der Waals surface area contributed by atoms with Crippen LogP contribution in [0.4, 0.5) is 0 Å². The smallest absolute Gasteiger partial charge is 0.269 e. The van der Waals surface area contributed by atoms with E-state index in [-0.39, 0.29) is 5.91 Å². The van der Waals surface area contributed by atoms with Gasteiger partial charge in [0, 0.05) is 23.5 Å². The monoisotopic (exact) mass is 313 g/mol. The maximum Gasteiger partial charge on any atom is 0.269 e. The van der Waals surface area contributed by atoms with Crippen LogP contribution in [0.25, 0.3) is 0 Å². The molecule has 1 aromatic heterocycles. The van der Waals surface area contributed by atoms with E-state index in [4.69, 9.17) is 0 Å². The van der Waals surface area contributed by atoms with Gasteiger partial charge in [-0.15, -0.1) is 0 Å². The predicted octanol–water partition coefficient (Wildman–Crippen LogP) is 1.92. The first kappa shape index (κ1) is 12.5. The average molecular weight is 314 g/mol. The first-order valence-electron chi connectivity index (χ1n) is 5.20. The third-order valence-electron chi connectivity index (χ3n) is 2.79. The number of nitrogens with zero attached hydrogens (tertiary/aromatic N) is 2. The minimum atomic E-state index is -0.696. The van der Waals surface area contributed by atoms with E-state index in [1.165, 1.54) is 0 Å². The summed E-state index contributed by atoms with van der Waals surface area (Å²) < 4.78 is 2.60. The van der Waals surface area contributed by atoms with Gasteiger partial charge in [0.2, 0.25) is 0 Å². The Morgan fingerprint density at radius 3 is 3.00 bits per heavy atom. The normalized spacial score (nSPS) is 23.4. The van der Waals surface area contributed by atoms with Crippen LogP contribution < -0.4 is 5.32 Å². The zero-order chi connectivity index (χ0) is 12.5. The molecule has 1 atom stereocenters. The molecular weight excluding hydrogens is 302 g/mol. The van der Waals surface area contributed by atoms with E-state index < -0.39 is 5.54 Å². The van der Waals surface area contributed by atoms with E-state index in [1.54, 1.807) is 22.4 Å². The Kier molecular flexibility index (Phi) is 3.50. The molecule has 90 valence electrons. The van der Waals surface area contributed by atoms with Gasteiger partial charge in [-0.1, -0.05) is 0 Å². The first-order valence-corrected chi connectivity index (χ1v) is 7.14. The Labute approximate surface area is 112 Å². The van der Waals surface area contributed by atoms with Crippen molar-refractivity contribution in [3.8, 4) is 6.07 Å². The fraction of sp³-hybridized carbons (Fsp3) is 0.455. The molecule has 0 aliphatic carbocycles. The molecule has 1 aliphatic rings. The third kappa shape index (κ3) is 2.50. The number of hydrogen-bond acceptors (Lipinski definition) is 3. The van der Waals surface area contributed by atoms with Crippen molar-refractivity contribution >= 4 is 33.6 Å². The van der Waals surface area contributed by atoms with Gasteiger partial charge in [-0.2, -0.15) is 17.0 Å². The van der Waals surface area contributed by atoms with Crippen molar-refractivity contribution in [2.75, 3.05) is 11.5 Å². The molecule has 1 aromatic rings. The van der Waals surface area contributed by atoms with E-state index >= 15 is 0 Å². The number of halogens is 1. The number of carbonyl (C=O) groups excluding carboxylic acids is 1. The number of hydrogen-bond donors (Lipinski definition) is 1. The van der Waals surface area contributed by atoms with Gasteiger partial charge in [0.25, 0.3) is 5.91 Å². The summed E-state index contributed by atoms with van der Waals surface area (Å²) in [7, 11) is 1.81. The maximum atomic E-state index is 12.1. The van der Waals surface area contributed by atoms with Crippen LogP contribution in [-0.2, 0) is 7.05 Å². The van der Waals surface area contributed by atoms with Crippen LogP contribution in [0.1, 0.15) is 16.9 Å². The molecule has 1 amide bonds. The molecule has 0 radical (unpaired) electrons. The summed E-state index contributed by atoms with van der Waals surface area (Å²) >= 11 is 5.02. The summed E-state index contributed by atoms with van der Waals surface area (Å²) in [6.07, 6.45) is 2.53. The number of thioether (sulfide) groups is 1. The first-order chi connectivity index (χ1) is 8.06. The van der Waals surface area contributed by atoms with Gasteiger partial charge in [-0.05, 0) is 34.2 Å².